The van der Waals surface area contributed by atoms with Gasteiger partial charge in [-0.25, -0.2) is 0 Å². The van der Waals surface area contributed by atoms with E-state index in [0.29, 0.717) is 0 Å². The van der Waals surface area contributed by atoms with Gasteiger partial charge >= 0.3 is 0 Å². The summed E-state index contributed by atoms with van der Waals surface area (Å²) in [7, 11) is 2.17. The molecule has 0 aromatic carbocycles. The van der Waals surface area contributed by atoms with Gasteiger partial charge < -0.3 is 9.64 Å². The van der Waals surface area contributed by atoms with Crippen LogP contribution in [0.25, 0.3) is 0 Å². The lowest BCUT2D eigenvalue weighted by molar-refractivity contribution is 0.187. The summed E-state index contributed by atoms with van der Waals surface area (Å²) in [5.41, 5.74) is 1.38. The van der Waals surface area contributed by atoms with Crippen molar-refractivity contribution < 1.29 is 4.74 Å². The standard InChI is InChI=1S/C9H15NO/c1-10-5-8-3-2-4-9(10)7-11-6-8/h7-8H,2-6H2,1H3. The minimum atomic E-state index is 0.760. The molecule has 1 atom stereocenters. The molecule has 11 heavy (non-hydrogen) atoms. The van der Waals surface area contributed by atoms with Crippen LogP contribution in [0.4, 0.5) is 0 Å². The van der Waals surface area contributed by atoms with Crippen LogP contribution in [-0.4, -0.2) is 25.1 Å². The number of rotatable bonds is 0. The second-order valence-corrected chi connectivity index (χ2v) is 3.58. The van der Waals surface area contributed by atoms with E-state index in [9.17, 15) is 0 Å². The second-order valence-electron chi connectivity index (χ2n) is 3.58. The van der Waals surface area contributed by atoms with Crippen molar-refractivity contribution in [3.63, 3.8) is 0 Å². The summed E-state index contributed by atoms with van der Waals surface area (Å²) >= 11 is 0. The average Bonchev–Trinajstić information content (AvgIpc) is 2.16. The van der Waals surface area contributed by atoms with Crippen molar-refractivity contribution in [3.8, 4) is 0 Å². The molecule has 2 bridgehead atoms. The summed E-state index contributed by atoms with van der Waals surface area (Å²) in [4.78, 5) is 2.34. The summed E-state index contributed by atoms with van der Waals surface area (Å²) in [5.74, 6) is 0.760. The first-order valence-electron chi connectivity index (χ1n) is 4.38. The third-order valence-electron chi connectivity index (χ3n) is 2.62. The predicted molar refractivity (Wildman–Crippen MR) is 44.0 cm³/mol. The van der Waals surface area contributed by atoms with E-state index < -0.39 is 0 Å². The zero-order chi connectivity index (χ0) is 7.68. The molecule has 0 saturated carbocycles. The van der Waals surface area contributed by atoms with E-state index in [1.54, 1.807) is 0 Å². The van der Waals surface area contributed by atoms with Crippen molar-refractivity contribution >= 4 is 0 Å². The molecule has 0 spiro atoms. The second kappa shape index (κ2) is 2.76. The van der Waals surface area contributed by atoms with Crippen molar-refractivity contribution in [2.45, 2.75) is 19.3 Å². The summed E-state index contributed by atoms with van der Waals surface area (Å²) < 4.78 is 5.43. The Morgan fingerprint density at radius 2 is 2.55 bits per heavy atom. The summed E-state index contributed by atoms with van der Waals surface area (Å²) in [6.45, 7) is 2.11. The third-order valence-corrected chi connectivity index (χ3v) is 2.62. The van der Waals surface area contributed by atoms with E-state index in [2.05, 4.69) is 11.9 Å². The predicted octanol–water partition coefficient (Wildman–Crippen LogP) is 1.59. The summed E-state index contributed by atoms with van der Waals surface area (Å²) in [6, 6.07) is 0. The first-order chi connectivity index (χ1) is 5.36. The Balaban J connectivity index is 2.19. The van der Waals surface area contributed by atoms with Crippen LogP contribution in [-0.2, 0) is 4.74 Å². The number of allylic oxidation sites excluding steroid dienone is 1. The maximum atomic E-state index is 5.43. The molecular formula is C9H15NO. The summed E-state index contributed by atoms with van der Waals surface area (Å²) in [5, 5.41) is 0. The summed E-state index contributed by atoms with van der Waals surface area (Å²) in [6.07, 6.45) is 5.82. The van der Waals surface area contributed by atoms with Gasteiger partial charge in [0.1, 0.15) is 6.26 Å². The van der Waals surface area contributed by atoms with Crippen LogP contribution in [0, 0.1) is 5.92 Å². The third kappa shape index (κ3) is 1.35. The maximum absolute atomic E-state index is 5.43. The Morgan fingerprint density at radius 3 is 3.45 bits per heavy atom. The normalized spacial score (nSPS) is 30.5. The molecule has 2 heterocycles. The molecule has 0 aliphatic carbocycles. The SMILES string of the molecule is CN1CC2CCCC1=COC2. The molecule has 0 aromatic rings. The van der Waals surface area contributed by atoms with E-state index in [-0.39, 0.29) is 0 Å². The minimum absolute atomic E-state index is 0.760. The molecule has 2 nitrogen and oxygen atoms in total. The number of nitrogens with zero attached hydrogens (tertiary/aromatic N) is 1. The number of hydrogen-bond donors (Lipinski definition) is 0. The number of ether oxygens (including phenoxy) is 1. The van der Waals surface area contributed by atoms with E-state index in [1.165, 1.54) is 31.5 Å². The van der Waals surface area contributed by atoms with Gasteiger partial charge in [-0.2, -0.15) is 0 Å². The van der Waals surface area contributed by atoms with Crippen molar-refractivity contribution in [1.29, 1.82) is 0 Å². The number of hydrogen-bond acceptors (Lipinski definition) is 2. The topological polar surface area (TPSA) is 12.5 Å². The molecule has 2 heteroatoms. The van der Waals surface area contributed by atoms with Crippen molar-refractivity contribution in [2.24, 2.45) is 5.92 Å². The van der Waals surface area contributed by atoms with Gasteiger partial charge in [0, 0.05) is 25.2 Å². The van der Waals surface area contributed by atoms with Gasteiger partial charge in [-0.3, -0.25) is 0 Å². The molecule has 62 valence electrons. The highest BCUT2D eigenvalue weighted by atomic mass is 16.5. The lowest BCUT2D eigenvalue weighted by Gasteiger charge is -2.18. The van der Waals surface area contributed by atoms with E-state index in [4.69, 9.17) is 4.74 Å². The van der Waals surface area contributed by atoms with Crippen molar-refractivity contribution in [2.75, 3.05) is 20.2 Å². The maximum Gasteiger partial charge on any atom is 0.102 e. The van der Waals surface area contributed by atoms with Crippen LogP contribution >= 0.6 is 0 Å². The molecule has 2 aliphatic rings. The van der Waals surface area contributed by atoms with Crippen LogP contribution in [0.2, 0.25) is 0 Å². The van der Waals surface area contributed by atoms with Gasteiger partial charge in [-0.05, 0) is 19.3 Å². The van der Waals surface area contributed by atoms with Crippen LogP contribution in [0.3, 0.4) is 0 Å². The molecule has 1 fully saturated rings. The van der Waals surface area contributed by atoms with Gasteiger partial charge in [0.2, 0.25) is 0 Å². The van der Waals surface area contributed by atoms with Gasteiger partial charge in [0.15, 0.2) is 0 Å². The smallest absolute Gasteiger partial charge is 0.102 e. The molecule has 0 amide bonds. The van der Waals surface area contributed by atoms with E-state index in [1.807, 2.05) is 6.26 Å². The Labute approximate surface area is 67.8 Å². The fourth-order valence-corrected chi connectivity index (χ4v) is 1.92. The largest absolute Gasteiger partial charge is 0.499 e. The lowest BCUT2D eigenvalue weighted by Crippen LogP contribution is -2.22. The first-order valence-corrected chi connectivity index (χ1v) is 4.38. The Morgan fingerprint density at radius 1 is 1.64 bits per heavy atom. The fraction of sp³-hybridized carbons (Fsp3) is 0.778. The molecule has 1 saturated heterocycles. The van der Waals surface area contributed by atoms with Crippen LogP contribution in [0.1, 0.15) is 19.3 Å². The molecular weight excluding hydrogens is 138 g/mol. The van der Waals surface area contributed by atoms with Crippen LogP contribution in [0.15, 0.2) is 12.0 Å². The van der Waals surface area contributed by atoms with E-state index in [0.717, 1.165) is 12.5 Å². The molecule has 0 N–H and O–H groups in total. The Bertz CT molecular complexity index is 176. The monoisotopic (exact) mass is 153 g/mol. The molecule has 1 unspecified atom stereocenters. The number of fused-ring (bicyclic) bond motifs is 3. The van der Waals surface area contributed by atoms with Gasteiger partial charge in [0.05, 0.1) is 6.61 Å². The van der Waals surface area contributed by atoms with Crippen molar-refractivity contribution in [3.05, 3.63) is 12.0 Å². The molecule has 2 rings (SSSR count). The highest BCUT2D eigenvalue weighted by Crippen LogP contribution is 2.25. The van der Waals surface area contributed by atoms with Crippen LogP contribution < -0.4 is 0 Å². The first kappa shape index (κ1) is 7.01. The van der Waals surface area contributed by atoms with Gasteiger partial charge in [-0.1, -0.05) is 0 Å². The fourth-order valence-electron chi connectivity index (χ4n) is 1.92. The lowest BCUT2D eigenvalue weighted by atomic mass is 10.0. The Hall–Kier alpha value is -0.660. The van der Waals surface area contributed by atoms with E-state index >= 15 is 0 Å². The minimum Gasteiger partial charge on any atom is -0.499 e. The average molecular weight is 153 g/mol. The van der Waals surface area contributed by atoms with Crippen LogP contribution in [0.5, 0.6) is 0 Å². The zero-order valence-corrected chi connectivity index (χ0v) is 7.05. The molecule has 2 aliphatic heterocycles. The van der Waals surface area contributed by atoms with Crippen molar-refractivity contribution in [1.82, 2.24) is 4.90 Å². The highest BCUT2D eigenvalue weighted by molar-refractivity contribution is 5.00. The molecule has 0 aromatic heterocycles. The highest BCUT2D eigenvalue weighted by Gasteiger charge is 2.21. The molecule has 0 radical (unpaired) electrons. The van der Waals surface area contributed by atoms with Gasteiger partial charge in [-0.15, -0.1) is 0 Å². The Kier molecular flexibility index (Phi) is 1.76. The quantitative estimate of drug-likeness (QED) is 0.524. The van der Waals surface area contributed by atoms with Gasteiger partial charge in [0.25, 0.3) is 0 Å². The zero-order valence-electron chi connectivity index (χ0n) is 7.05.